The number of nitrogens with zero attached hydrogens (tertiary/aromatic N) is 3. The molecule has 6 nitrogen and oxygen atoms in total. The molecule has 0 saturated carbocycles. The average molecular weight is 280 g/mol. The van der Waals surface area contributed by atoms with Crippen molar-refractivity contribution in [3.05, 3.63) is 37.1 Å². The van der Waals surface area contributed by atoms with Gasteiger partial charge in [-0.15, -0.1) is 0 Å². The van der Waals surface area contributed by atoms with Crippen molar-refractivity contribution in [1.82, 2.24) is 15.0 Å². The molecule has 0 aliphatic carbocycles. The standard InChI is InChI=1S/C15H14N5O/c16-13(21)11-2-1-7-20(11)15-12-9(3-5-18-15)8-19-14-10(12)4-6-17-14/h2-6,8,11H,1,7H2,(H2,16,21)(H,17,19). The summed E-state index contributed by atoms with van der Waals surface area (Å²) >= 11 is 0. The highest BCUT2D eigenvalue weighted by molar-refractivity contribution is 6.10. The number of aromatic nitrogens is 3. The number of nitrogens with two attached hydrogens (primary N) is 1. The fourth-order valence-electron chi connectivity index (χ4n) is 3.01. The van der Waals surface area contributed by atoms with Gasteiger partial charge in [-0.05, 0) is 25.0 Å². The molecule has 1 aliphatic rings. The third kappa shape index (κ3) is 1.75. The first-order valence-electron chi connectivity index (χ1n) is 6.86. The second-order valence-electron chi connectivity index (χ2n) is 5.16. The molecule has 0 bridgehead atoms. The van der Waals surface area contributed by atoms with Gasteiger partial charge in [-0.25, -0.2) is 9.97 Å². The highest BCUT2D eigenvalue weighted by atomic mass is 16.1. The van der Waals surface area contributed by atoms with Gasteiger partial charge in [0.25, 0.3) is 0 Å². The van der Waals surface area contributed by atoms with E-state index >= 15 is 0 Å². The maximum absolute atomic E-state index is 11.6. The number of carbonyl (C=O) groups is 1. The number of primary amides is 1. The van der Waals surface area contributed by atoms with Crippen molar-refractivity contribution in [3.8, 4) is 0 Å². The third-order valence-corrected chi connectivity index (χ3v) is 3.95. The summed E-state index contributed by atoms with van der Waals surface area (Å²) in [6, 6.07) is 3.51. The quantitative estimate of drug-likeness (QED) is 0.742. The summed E-state index contributed by atoms with van der Waals surface area (Å²) in [7, 11) is 0. The van der Waals surface area contributed by atoms with E-state index in [1.807, 2.05) is 35.8 Å². The first kappa shape index (κ1) is 12.1. The minimum absolute atomic E-state index is 0.342. The number of anilines is 1. The van der Waals surface area contributed by atoms with Gasteiger partial charge in [0.05, 0.1) is 0 Å². The molecule has 1 amide bonds. The summed E-state index contributed by atoms with van der Waals surface area (Å²) in [5.74, 6) is 0.447. The molecule has 4 heterocycles. The molecule has 1 unspecified atom stereocenters. The van der Waals surface area contributed by atoms with E-state index in [9.17, 15) is 4.79 Å². The van der Waals surface area contributed by atoms with Crippen molar-refractivity contribution >= 4 is 33.5 Å². The maximum Gasteiger partial charge on any atom is 0.240 e. The van der Waals surface area contributed by atoms with Crippen molar-refractivity contribution in [2.75, 3.05) is 11.4 Å². The summed E-state index contributed by atoms with van der Waals surface area (Å²) < 4.78 is 0. The topological polar surface area (TPSA) is 87.9 Å². The van der Waals surface area contributed by atoms with E-state index < -0.39 is 6.04 Å². The van der Waals surface area contributed by atoms with E-state index in [1.165, 1.54) is 0 Å². The van der Waals surface area contributed by atoms with Gasteiger partial charge in [-0.2, -0.15) is 0 Å². The number of fused-ring (bicyclic) bond motifs is 3. The van der Waals surface area contributed by atoms with E-state index in [4.69, 9.17) is 5.73 Å². The zero-order valence-electron chi connectivity index (χ0n) is 11.3. The number of aromatic amines is 1. The number of hydrogen-bond acceptors (Lipinski definition) is 4. The fourth-order valence-corrected chi connectivity index (χ4v) is 3.01. The molecule has 0 spiro atoms. The molecule has 1 fully saturated rings. The highest BCUT2D eigenvalue weighted by Gasteiger charge is 2.31. The van der Waals surface area contributed by atoms with E-state index in [1.54, 1.807) is 6.20 Å². The van der Waals surface area contributed by atoms with Crippen LogP contribution in [-0.4, -0.2) is 33.4 Å². The minimum atomic E-state index is -0.398. The van der Waals surface area contributed by atoms with Crippen LogP contribution in [-0.2, 0) is 4.79 Å². The Labute approximate surface area is 121 Å². The van der Waals surface area contributed by atoms with Crippen LogP contribution in [0.4, 0.5) is 5.82 Å². The second-order valence-corrected chi connectivity index (χ2v) is 5.16. The smallest absolute Gasteiger partial charge is 0.240 e. The first-order chi connectivity index (χ1) is 10.3. The van der Waals surface area contributed by atoms with Crippen molar-refractivity contribution in [1.29, 1.82) is 0 Å². The molecular weight excluding hydrogens is 266 g/mol. The Morgan fingerprint density at radius 3 is 3.14 bits per heavy atom. The van der Waals surface area contributed by atoms with E-state index in [-0.39, 0.29) is 5.91 Å². The number of rotatable bonds is 2. The van der Waals surface area contributed by atoms with Crippen molar-refractivity contribution < 1.29 is 4.79 Å². The predicted molar refractivity (Wildman–Crippen MR) is 80.6 cm³/mol. The van der Waals surface area contributed by atoms with Crippen molar-refractivity contribution in [3.63, 3.8) is 0 Å². The lowest BCUT2D eigenvalue weighted by atomic mass is 10.1. The van der Waals surface area contributed by atoms with Crippen molar-refractivity contribution in [2.24, 2.45) is 5.73 Å². The lowest BCUT2D eigenvalue weighted by Crippen LogP contribution is -2.41. The molecule has 3 N–H and O–H groups in total. The van der Waals surface area contributed by atoms with Crippen LogP contribution >= 0.6 is 0 Å². The summed E-state index contributed by atoms with van der Waals surface area (Å²) in [4.78, 5) is 25.6. The summed E-state index contributed by atoms with van der Waals surface area (Å²) in [6.45, 7) is 0.744. The van der Waals surface area contributed by atoms with Crippen LogP contribution in [0.5, 0.6) is 0 Å². The molecule has 1 radical (unpaired) electrons. The highest BCUT2D eigenvalue weighted by Crippen LogP contribution is 2.33. The van der Waals surface area contributed by atoms with Gasteiger partial charge < -0.3 is 15.6 Å². The second kappa shape index (κ2) is 4.44. The molecule has 1 saturated heterocycles. The number of hydrogen-bond donors (Lipinski definition) is 2. The molecule has 0 aromatic carbocycles. The van der Waals surface area contributed by atoms with Gasteiger partial charge in [0.15, 0.2) is 0 Å². The zero-order chi connectivity index (χ0) is 14.4. The van der Waals surface area contributed by atoms with E-state index in [2.05, 4.69) is 15.0 Å². The normalized spacial score (nSPS) is 18.7. The summed E-state index contributed by atoms with van der Waals surface area (Å²) in [6.07, 6.45) is 8.19. The van der Waals surface area contributed by atoms with Crippen LogP contribution in [0.3, 0.4) is 0 Å². The Morgan fingerprint density at radius 1 is 1.38 bits per heavy atom. The van der Waals surface area contributed by atoms with Crippen LogP contribution in [0.1, 0.15) is 6.42 Å². The molecule has 3 aromatic heterocycles. The van der Waals surface area contributed by atoms with Gasteiger partial charge in [-0.3, -0.25) is 4.79 Å². The van der Waals surface area contributed by atoms with E-state index in [0.717, 1.165) is 40.6 Å². The van der Waals surface area contributed by atoms with Gasteiger partial charge in [0.2, 0.25) is 5.91 Å². The van der Waals surface area contributed by atoms with Gasteiger partial charge >= 0.3 is 0 Å². The zero-order valence-corrected chi connectivity index (χ0v) is 11.3. The number of carbonyl (C=O) groups excluding carboxylic acids is 1. The lowest BCUT2D eigenvalue weighted by molar-refractivity contribution is -0.118. The molecule has 1 aliphatic heterocycles. The molecule has 105 valence electrons. The molecule has 3 aromatic rings. The molecule has 4 rings (SSSR count). The Hall–Kier alpha value is -2.63. The number of pyridine rings is 2. The van der Waals surface area contributed by atoms with Crippen LogP contribution in [0.15, 0.2) is 30.7 Å². The molecule has 1 atom stereocenters. The minimum Gasteiger partial charge on any atom is -0.368 e. The first-order valence-corrected chi connectivity index (χ1v) is 6.86. The Bertz CT molecular complexity index is 840. The SMILES string of the molecule is NC(=O)C1[CH]CCN1c1nccc2cnc3[nH]ccc3c12. The molecular formula is C15H14N5O. The molecule has 6 heteroatoms. The fraction of sp³-hybridized carbons (Fsp3) is 0.200. The molecule has 21 heavy (non-hydrogen) atoms. The summed E-state index contributed by atoms with van der Waals surface area (Å²) in [5, 5.41) is 3.01. The number of amides is 1. The van der Waals surface area contributed by atoms with Crippen molar-refractivity contribution in [2.45, 2.75) is 12.5 Å². The van der Waals surface area contributed by atoms with Gasteiger partial charge in [0, 0.05) is 41.3 Å². The van der Waals surface area contributed by atoms with Crippen LogP contribution in [0.2, 0.25) is 0 Å². The predicted octanol–water partition coefficient (Wildman–Crippen LogP) is 1.38. The van der Waals surface area contributed by atoms with Gasteiger partial charge in [-0.1, -0.05) is 0 Å². The third-order valence-electron chi connectivity index (χ3n) is 3.95. The Morgan fingerprint density at radius 2 is 2.29 bits per heavy atom. The number of H-pyrrole nitrogens is 1. The van der Waals surface area contributed by atoms with Crippen LogP contribution in [0, 0.1) is 6.42 Å². The Balaban J connectivity index is 2.00. The monoisotopic (exact) mass is 280 g/mol. The largest absolute Gasteiger partial charge is 0.368 e. The lowest BCUT2D eigenvalue weighted by Gasteiger charge is -2.24. The number of nitrogens with one attached hydrogen (secondary N) is 1. The summed E-state index contributed by atoms with van der Waals surface area (Å²) in [5.41, 5.74) is 6.32. The Kier molecular flexibility index (Phi) is 2.57. The van der Waals surface area contributed by atoms with Crippen LogP contribution in [0.25, 0.3) is 21.8 Å². The van der Waals surface area contributed by atoms with E-state index in [0.29, 0.717) is 0 Å². The maximum atomic E-state index is 11.6. The van der Waals surface area contributed by atoms with Gasteiger partial charge in [0.1, 0.15) is 17.5 Å². The van der Waals surface area contributed by atoms with Crippen LogP contribution < -0.4 is 10.6 Å². The average Bonchev–Trinajstić information content (AvgIpc) is 3.15.